The van der Waals surface area contributed by atoms with Gasteiger partial charge in [-0.2, -0.15) is 0 Å². The van der Waals surface area contributed by atoms with Gasteiger partial charge in [-0.3, -0.25) is 0 Å². The molecule has 0 atom stereocenters. The van der Waals surface area contributed by atoms with Crippen LogP contribution in [0.25, 0.3) is 0 Å². The van der Waals surface area contributed by atoms with Crippen LogP contribution < -0.4 is 0 Å². The van der Waals surface area contributed by atoms with E-state index in [9.17, 15) is 0 Å². The molecule has 0 radical (unpaired) electrons. The molecule has 0 aromatic heterocycles. The second kappa shape index (κ2) is 7.92. The summed E-state index contributed by atoms with van der Waals surface area (Å²) in [6, 6.07) is 11.7. The Bertz CT molecular complexity index is 423. The van der Waals surface area contributed by atoms with Crippen LogP contribution in [-0.4, -0.2) is 19.8 Å². The largest absolute Gasteiger partial charge is 0.392 e. The predicted molar refractivity (Wildman–Crippen MR) is 80.9 cm³/mol. The van der Waals surface area contributed by atoms with Crippen molar-refractivity contribution in [3.63, 3.8) is 0 Å². The fourth-order valence-electron chi connectivity index (χ4n) is 1.80. The Hall–Kier alpha value is -1.30. The first kappa shape index (κ1) is 14.8. The molecule has 0 aliphatic heterocycles. The lowest BCUT2D eigenvalue weighted by Crippen LogP contribution is -2.27. The first-order valence-electron chi connectivity index (χ1n) is 6.44. The van der Waals surface area contributed by atoms with E-state index in [0.717, 1.165) is 18.9 Å². The Balaban J connectivity index is 2.44. The Morgan fingerprint density at radius 3 is 2.56 bits per heavy atom. The van der Waals surface area contributed by atoms with Crippen molar-refractivity contribution in [2.24, 2.45) is 0 Å². The zero-order chi connectivity index (χ0) is 13.3. The molecule has 1 nitrogen and oxygen atoms in total. The molecular weight excluding hydrogens is 236 g/mol. The Morgan fingerprint density at radius 1 is 1.17 bits per heavy atom. The predicted octanol–water partition coefficient (Wildman–Crippen LogP) is 3.35. The number of allylic oxidation sites excluding steroid dienone is 1. The van der Waals surface area contributed by atoms with Crippen LogP contribution in [-0.2, 0) is 6.04 Å². The minimum Gasteiger partial charge on any atom is -0.392 e. The van der Waals surface area contributed by atoms with E-state index in [4.69, 9.17) is 5.11 Å². The summed E-state index contributed by atoms with van der Waals surface area (Å²) in [6.45, 7) is 4.76. The highest BCUT2D eigenvalue weighted by molar-refractivity contribution is 6.84. The first-order chi connectivity index (χ1) is 8.64. The summed E-state index contributed by atoms with van der Waals surface area (Å²) in [5.74, 6) is 3.28. The van der Waals surface area contributed by atoms with E-state index in [-0.39, 0.29) is 6.61 Å². The zero-order valence-corrected chi connectivity index (χ0v) is 12.3. The Labute approximate surface area is 112 Å². The molecule has 1 rings (SSSR count). The number of rotatable bonds is 5. The molecule has 0 saturated carbocycles. The summed E-state index contributed by atoms with van der Waals surface area (Å²) in [5.41, 5.74) is 4.87. The molecule has 0 spiro atoms. The summed E-state index contributed by atoms with van der Waals surface area (Å²) < 4.78 is 0. The van der Waals surface area contributed by atoms with E-state index in [1.807, 2.05) is 6.08 Å². The second-order valence-electron chi connectivity index (χ2n) is 5.04. The van der Waals surface area contributed by atoms with Crippen LogP contribution in [0.15, 0.2) is 42.5 Å². The fourth-order valence-corrected chi connectivity index (χ4v) is 3.75. The first-order valence-corrected chi connectivity index (χ1v) is 9.64. The molecule has 2 heteroatoms. The number of aliphatic hydroxyl groups is 1. The van der Waals surface area contributed by atoms with Crippen LogP contribution >= 0.6 is 0 Å². The lowest BCUT2D eigenvalue weighted by atomic mass is 10.2. The molecule has 1 aromatic carbocycles. The van der Waals surface area contributed by atoms with Crippen molar-refractivity contribution in [3.05, 3.63) is 48.0 Å². The van der Waals surface area contributed by atoms with Gasteiger partial charge in [-0.15, -0.1) is 11.5 Å². The van der Waals surface area contributed by atoms with E-state index in [0.29, 0.717) is 0 Å². The van der Waals surface area contributed by atoms with Gasteiger partial charge in [-0.25, -0.2) is 0 Å². The van der Waals surface area contributed by atoms with Crippen LogP contribution in [0, 0.1) is 11.5 Å². The van der Waals surface area contributed by atoms with Crippen molar-refractivity contribution >= 4 is 8.07 Å². The van der Waals surface area contributed by atoms with Crippen LogP contribution in [0.1, 0.15) is 18.4 Å². The lowest BCUT2D eigenvalue weighted by Gasteiger charge is -2.14. The molecule has 0 fully saturated rings. The molecular formula is C16H22OSi. The topological polar surface area (TPSA) is 20.2 Å². The number of hydrogen-bond donors (Lipinski definition) is 1. The summed E-state index contributed by atoms with van der Waals surface area (Å²) >= 11 is 0. The van der Waals surface area contributed by atoms with Crippen molar-refractivity contribution in [1.29, 1.82) is 0 Å². The van der Waals surface area contributed by atoms with E-state index in [2.05, 4.69) is 54.9 Å². The third-order valence-electron chi connectivity index (χ3n) is 2.62. The average Bonchev–Trinajstić information content (AvgIpc) is 2.34. The van der Waals surface area contributed by atoms with Gasteiger partial charge in [0, 0.05) is 6.42 Å². The van der Waals surface area contributed by atoms with Gasteiger partial charge in [0.15, 0.2) is 0 Å². The van der Waals surface area contributed by atoms with Crippen molar-refractivity contribution < 1.29 is 5.11 Å². The number of hydrogen-bond acceptors (Lipinski definition) is 1. The molecule has 0 bridgehead atoms. The van der Waals surface area contributed by atoms with Gasteiger partial charge >= 0.3 is 0 Å². The van der Waals surface area contributed by atoms with Gasteiger partial charge in [-0.05, 0) is 18.0 Å². The summed E-state index contributed by atoms with van der Waals surface area (Å²) in [5, 5.41) is 8.60. The Morgan fingerprint density at radius 2 is 1.89 bits per heavy atom. The van der Waals surface area contributed by atoms with Crippen LogP contribution in [0.4, 0.5) is 0 Å². The van der Waals surface area contributed by atoms with Crippen molar-refractivity contribution in [1.82, 2.24) is 0 Å². The maximum absolute atomic E-state index is 8.60. The van der Waals surface area contributed by atoms with Crippen LogP contribution in [0.2, 0.25) is 13.1 Å². The molecule has 96 valence electrons. The third-order valence-corrected chi connectivity index (χ3v) is 4.77. The summed E-state index contributed by atoms with van der Waals surface area (Å²) in [7, 11) is -1.45. The second-order valence-corrected chi connectivity index (χ2v) is 9.41. The third kappa shape index (κ3) is 6.44. The maximum Gasteiger partial charge on any atom is 0.136 e. The average molecular weight is 258 g/mol. The molecule has 18 heavy (non-hydrogen) atoms. The highest BCUT2D eigenvalue weighted by atomic mass is 28.3. The van der Waals surface area contributed by atoms with E-state index >= 15 is 0 Å². The molecule has 0 saturated heterocycles. The minimum atomic E-state index is -1.45. The van der Waals surface area contributed by atoms with Crippen molar-refractivity contribution in [2.75, 3.05) is 6.61 Å². The van der Waals surface area contributed by atoms with Crippen molar-refractivity contribution in [3.8, 4) is 11.5 Å². The van der Waals surface area contributed by atoms with Crippen LogP contribution in [0.3, 0.4) is 0 Å². The van der Waals surface area contributed by atoms with E-state index < -0.39 is 8.07 Å². The SMILES string of the molecule is C[Si](C)(C#CCC/C=C/CO)Cc1ccccc1. The van der Waals surface area contributed by atoms with Crippen LogP contribution in [0.5, 0.6) is 0 Å². The number of benzene rings is 1. The fraction of sp³-hybridized carbons (Fsp3) is 0.375. The minimum absolute atomic E-state index is 0.127. The monoisotopic (exact) mass is 258 g/mol. The number of unbranched alkanes of at least 4 members (excludes halogenated alkanes) is 1. The number of aliphatic hydroxyl groups excluding tert-OH is 1. The van der Waals surface area contributed by atoms with Crippen molar-refractivity contribution in [2.45, 2.75) is 32.0 Å². The smallest absolute Gasteiger partial charge is 0.136 e. The summed E-state index contributed by atoms with van der Waals surface area (Å²) in [4.78, 5) is 0. The molecule has 0 aliphatic rings. The standard InChI is InChI=1S/C16H22OSi/c1-18(2,14-10-5-3-4-9-13-17)15-16-11-7-6-8-12-16/h4,6-9,11-12,17H,3,5,13,15H2,1-2H3/b9-4+. The zero-order valence-electron chi connectivity index (χ0n) is 11.3. The van der Waals surface area contributed by atoms with Gasteiger partial charge in [0.25, 0.3) is 0 Å². The van der Waals surface area contributed by atoms with Gasteiger partial charge in [0.2, 0.25) is 0 Å². The molecule has 0 unspecified atom stereocenters. The molecule has 0 amide bonds. The quantitative estimate of drug-likeness (QED) is 0.372. The van der Waals surface area contributed by atoms with E-state index in [1.54, 1.807) is 6.08 Å². The van der Waals surface area contributed by atoms with E-state index in [1.165, 1.54) is 5.56 Å². The molecule has 1 N–H and O–H groups in total. The molecule has 1 aromatic rings. The molecule has 0 aliphatic carbocycles. The molecule has 0 heterocycles. The highest BCUT2D eigenvalue weighted by Crippen LogP contribution is 2.10. The van der Waals surface area contributed by atoms with Gasteiger partial charge in [-0.1, -0.05) is 55.6 Å². The maximum atomic E-state index is 8.60. The van der Waals surface area contributed by atoms with Gasteiger partial charge in [0.05, 0.1) is 6.61 Å². The highest BCUT2D eigenvalue weighted by Gasteiger charge is 2.17. The normalized spacial score (nSPS) is 11.3. The van der Waals surface area contributed by atoms with Gasteiger partial charge < -0.3 is 5.11 Å². The van der Waals surface area contributed by atoms with Gasteiger partial charge in [0.1, 0.15) is 8.07 Å². The summed E-state index contributed by atoms with van der Waals surface area (Å²) in [6.07, 6.45) is 5.58. The Kier molecular flexibility index (Phi) is 6.49. The lowest BCUT2D eigenvalue weighted by molar-refractivity contribution is 0.342.